The van der Waals surface area contributed by atoms with Crippen LogP contribution in [-0.4, -0.2) is 45.8 Å². The summed E-state index contributed by atoms with van der Waals surface area (Å²) in [5, 5.41) is 14.0. The second-order valence-electron chi connectivity index (χ2n) is 6.24. The van der Waals surface area contributed by atoms with Crippen molar-refractivity contribution in [2.45, 2.75) is 26.7 Å². The van der Waals surface area contributed by atoms with E-state index in [0.29, 0.717) is 41.1 Å². The fourth-order valence-corrected chi connectivity index (χ4v) is 2.98. The molecule has 1 aromatic carbocycles. The van der Waals surface area contributed by atoms with Crippen molar-refractivity contribution in [3.05, 3.63) is 47.7 Å². The molecule has 136 valence electrons. The number of hydrogen-bond acceptors (Lipinski definition) is 5. The maximum Gasteiger partial charge on any atom is 0.259 e. The molecule has 0 aliphatic heterocycles. The van der Waals surface area contributed by atoms with E-state index in [9.17, 15) is 9.90 Å². The third-order valence-electron chi connectivity index (χ3n) is 4.36. The Bertz CT molecular complexity index is 890. The molecule has 0 unspecified atom stereocenters. The Hall–Kier alpha value is -2.73. The van der Waals surface area contributed by atoms with Gasteiger partial charge < -0.3 is 14.5 Å². The lowest BCUT2D eigenvalue weighted by molar-refractivity contribution is 0.0721. The van der Waals surface area contributed by atoms with E-state index in [1.807, 2.05) is 30.3 Å². The van der Waals surface area contributed by atoms with E-state index in [0.717, 1.165) is 18.4 Å². The maximum absolute atomic E-state index is 13.2. The molecule has 1 N–H and O–H groups in total. The highest BCUT2D eigenvalue weighted by Crippen LogP contribution is 2.28. The number of aromatic nitrogens is 2. The van der Waals surface area contributed by atoms with Gasteiger partial charge in [0.25, 0.3) is 11.6 Å². The Morgan fingerprint density at radius 3 is 2.69 bits per heavy atom. The van der Waals surface area contributed by atoms with Crippen LogP contribution in [0.25, 0.3) is 22.4 Å². The number of carbonyl (C=O) groups is 1. The van der Waals surface area contributed by atoms with Crippen LogP contribution < -0.4 is 0 Å². The first-order valence-electron chi connectivity index (χ1n) is 8.88. The van der Waals surface area contributed by atoms with Gasteiger partial charge in [-0.2, -0.15) is 0 Å². The van der Waals surface area contributed by atoms with Crippen molar-refractivity contribution in [2.75, 3.05) is 19.7 Å². The van der Waals surface area contributed by atoms with E-state index in [1.54, 1.807) is 17.9 Å². The third-order valence-corrected chi connectivity index (χ3v) is 4.36. The fraction of sp³-hybridized carbons (Fsp3) is 0.350. The number of benzene rings is 1. The Morgan fingerprint density at radius 2 is 2.00 bits per heavy atom. The number of nitrogens with zero attached hydrogens (tertiary/aromatic N) is 3. The zero-order chi connectivity index (χ0) is 18.5. The minimum absolute atomic E-state index is 0.0716. The predicted octanol–water partition coefficient (Wildman–Crippen LogP) is 3.43. The van der Waals surface area contributed by atoms with Crippen molar-refractivity contribution in [2.24, 2.45) is 0 Å². The lowest BCUT2D eigenvalue weighted by atomic mass is 10.0. The van der Waals surface area contributed by atoms with Crippen LogP contribution in [0, 0.1) is 6.92 Å². The first kappa shape index (κ1) is 18.1. The average molecular weight is 353 g/mol. The Kier molecular flexibility index (Phi) is 5.63. The molecule has 0 aliphatic rings. The molecular weight excluding hydrogens is 330 g/mol. The van der Waals surface area contributed by atoms with E-state index in [1.165, 1.54) is 0 Å². The van der Waals surface area contributed by atoms with E-state index < -0.39 is 0 Å². The molecule has 0 bridgehead atoms. The van der Waals surface area contributed by atoms with Crippen LogP contribution in [0.1, 0.15) is 35.8 Å². The Balaban J connectivity index is 2.10. The van der Waals surface area contributed by atoms with Crippen LogP contribution >= 0.6 is 0 Å². The highest BCUT2D eigenvalue weighted by molar-refractivity contribution is 6.07. The van der Waals surface area contributed by atoms with Gasteiger partial charge in [0, 0.05) is 18.7 Å². The summed E-state index contributed by atoms with van der Waals surface area (Å²) < 4.78 is 5.34. The highest BCUT2D eigenvalue weighted by atomic mass is 16.5. The number of aryl methyl sites for hydroxylation is 1. The first-order chi connectivity index (χ1) is 12.7. The van der Waals surface area contributed by atoms with Gasteiger partial charge in [-0.25, -0.2) is 4.98 Å². The zero-order valence-corrected chi connectivity index (χ0v) is 15.1. The van der Waals surface area contributed by atoms with Crippen molar-refractivity contribution >= 4 is 17.0 Å². The molecule has 1 amide bonds. The number of pyridine rings is 1. The Morgan fingerprint density at radius 1 is 1.23 bits per heavy atom. The summed E-state index contributed by atoms with van der Waals surface area (Å²) >= 11 is 0. The molecule has 0 atom stereocenters. The summed E-state index contributed by atoms with van der Waals surface area (Å²) in [4.78, 5) is 19.4. The molecule has 6 heteroatoms. The monoisotopic (exact) mass is 353 g/mol. The van der Waals surface area contributed by atoms with Crippen LogP contribution in [0.5, 0.6) is 0 Å². The molecule has 2 aromatic heterocycles. The summed E-state index contributed by atoms with van der Waals surface area (Å²) in [5.74, 6) is -0.136. The normalized spacial score (nSPS) is 11.0. The molecule has 0 saturated carbocycles. The van der Waals surface area contributed by atoms with Gasteiger partial charge in [0.1, 0.15) is 0 Å². The first-order valence-corrected chi connectivity index (χ1v) is 8.88. The number of hydrogen-bond donors (Lipinski definition) is 1. The third kappa shape index (κ3) is 3.60. The second-order valence-corrected chi connectivity index (χ2v) is 6.24. The molecule has 6 nitrogen and oxygen atoms in total. The van der Waals surface area contributed by atoms with E-state index in [4.69, 9.17) is 4.52 Å². The van der Waals surface area contributed by atoms with Crippen molar-refractivity contribution in [3.8, 4) is 11.3 Å². The van der Waals surface area contributed by atoms with Crippen LogP contribution in [-0.2, 0) is 0 Å². The van der Waals surface area contributed by atoms with E-state index >= 15 is 0 Å². The number of aliphatic hydroxyl groups is 1. The fourth-order valence-electron chi connectivity index (χ4n) is 2.98. The van der Waals surface area contributed by atoms with Crippen molar-refractivity contribution < 1.29 is 14.4 Å². The number of amides is 1. The molecule has 0 spiro atoms. The average Bonchev–Trinajstić information content (AvgIpc) is 3.05. The number of unbranched alkanes of at least 4 members (excludes halogenated alkanes) is 1. The van der Waals surface area contributed by atoms with Crippen molar-refractivity contribution in [1.29, 1.82) is 0 Å². The molecule has 26 heavy (non-hydrogen) atoms. The van der Waals surface area contributed by atoms with Gasteiger partial charge in [0.15, 0.2) is 0 Å². The SMILES string of the molecule is CCCCN(CCO)C(=O)c1cc(-c2ccccc2)nc2onc(C)c12. The number of rotatable bonds is 7. The number of aliphatic hydroxyl groups excluding tert-OH is 1. The van der Waals surface area contributed by atoms with Gasteiger partial charge in [-0.05, 0) is 19.4 Å². The molecule has 3 aromatic rings. The van der Waals surface area contributed by atoms with E-state index in [2.05, 4.69) is 17.1 Å². The summed E-state index contributed by atoms with van der Waals surface area (Å²) in [7, 11) is 0. The van der Waals surface area contributed by atoms with Crippen molar-refractivity contribution in [1.82, 2.24) is 15.0 Å². The van der Waals surface area contributed by atoms with Gasteiger partial charge >= 0.3 is 0 Å². The largest absolute Gasteiger partial charge is 0.395 e. The maximum atomic E-state index is 13.2. The molecule has 0 radical (unpaired) electrons. The second kappa shape index (κ2) is 8.10. The van der Waals surface area contributed by atoms with Crippen LogP contribution in [0.15, 0.2) is 40.9 Å². The summed E-state index contributed by atoms with van der Waals surface area (Å²) in [5.41, 5.74) is 3.07. The summed E-state index contributed by atoms with van der Waals surface area (Å²) in [6.45, 7) is 4.70. The summed E-state index contributed by atoms with van der Waals surface area (Å²) in [6, 6.07) is 11.4. The van der Waals surface area contributed by atoms with Gasteiger partial charge in [-0.1, -0.05) is 48.8 Å². The Labute approximate surface area is 152 Å². The molecule has 3 rings (SSSR count). The number of fused-ring (bicyclic) bond motifs is 1. The van der Waals surface area contributed by atoms with Crippen LogP contribution in [0.3, 0.4) is 0 Å². The predicted molar refractivity (Wildman–Crippen MR) is 99.9 cm³/mol. The minimum atomic E-state index is -0.136. The minimum Gasteiger partial charge on any atom is -0.395 e. The van der Waals surface area contributed by atoms with Crippen LogP contribution in [0.2, 0.25) is 0 Å². The summed E-state index contributed by atoms with van der Waals surface area (Å²) in [6.07, 6.45) is 1.86. The van der Waals surface area contributed by atoms with Gasteiger partial charge in [0.2, 0.25) is 0 Å². The lowest BCUT2D eigenvalue weighted by Crippen LogP contribution is -2.34. The lowest BCUT2D eigenvalue weighted by Gasteiger charge is -2.22. The van der Waals surface area contributed by atoms with Gasteiger partial charge in [-0.3, -0.25) is 4.79 Å². The van der Waals surface area contributed by atoms with E-state index in [-0.39, 0.29) is 12.5 Å². The zero-order valence-electron chi connectivity index (χ0n) is 15.1. The molecule has 0 fully saturated rings. The van der Waals surface area contributed by atoms with Gasteiger partial charge in [-0.15, -0.1) is 0 Å². The molecule has 0 aliphatic carbocycles. The highest BCUT2D eigenvalue weighted by Gasteiger charge is 2.23. The number of carbonyl (C=O) groups excluding carboxylic acids is 1. The molecule has 0 saturated heterocycles. The standard InChI is InChI=1S/C20H23N3O3/c1-3-4-10-23(11-12-24)20(25)16-13-17(15-8-6-5-7-9-15)21-19-18(16)14(2)22-26-19/h5-9,13,24H,3-4,10-12H2,1-2H3. The topological polar surface area (TPSA) is 79.5 Å². The van der Waals surface area contributed by atoms with Crippen LogP contribution in [0.4, 0.5) is 0 Å². The molecular formula is C20H23N3O3. The molecule has 2 heterocycles. The smallest absolute Gasteiger partial charge is 0.259 e. The van der Waals surface area contributed by atoms with Gasteiger partial charge in [0.05, 0.1) is 28.9 Å². The quantitative estimate of drug-likeness (QED) is 0.704. The van der Waals surface area contributed by atoms with Crippen molar-refractivity contribution in [3.63, 3.8) is 0 Å².